The Labute approximate surface area is 160 Å². The van der Waals surface area contributed by atoms with E-state index in [0.29, 0.717) is 44.3 Å². The van der Waals surface area contributed by atoms with Gasteiger partial charge in [0.25, 0.3) is 5.91 Å². The Balaban J connectivity index is 1.44. The van der Waals surface area contributed by atoms with Gasteiger partial charge in [0.05, 0.1) is 25.9 Å². The molecule has 1 atom stereocenters. The molecule has 3 heterocycles. The molecule has 0 radical (unpaired) electrons. The predicted molar refractivity (Wildman–Crippen MR) is 101 cm³/mol. The first-order valence-electron chi connectivity index (χ1n) is 10.0. The molecule has 0 aromatic heterocycles. The molecule has 3 aliphatic heterocycles. The van der Waals surface area contributed by atoms with E-state index in [9.17, 15) is 9.59 Å². The molecule has 2 amide bonds. The first-order valence-corrected chi connectivity index (χ1v) is 10.0. The van der Waals surface area contributed by atoms with Crippen LogP contribution in [0.25, 0.3) is 0 Å². The highest BCUT2D eigenvalue weighted by Crippen LogP contribution is 2.27. The first-order chi connectivity index (χ1) is 13.1. The summed E-state index contributed by atoms with van der Waals surface area (Å²) in [4.78, 5) is 29.6. The Kier molecular flexibility index (Phi) is 5.34. The highest BCUT2D eigenvalue weighted by molar-refractivity contribution is 5.95. The van der Waals surface area contributed by atoms with Crippen LogP contribution in [-0.4, -0.2) is 67.1 Å². The van der Waals surface area contributed by atoms with E-state index in [1.54, 1.807) is 0 Å². The molecule has 0 unspecified atom stereocenters. The van der Waals surface area contributed by atoms with Gasteiger partial charge >= 0.3 is 0 Å². The van der Waals surface area contributed by atoms with Gasteiger partial charge < -0.3 is 19.3 Å². The molecule has 0 aliphatic carbocycles. The lowest BCUT2D eigenvalue weighted by Crippen LogP contribution is -2.51. The van der Waals surface area contributed by atoms with Crippen molar-refractivity contribution in [2.45, 2.75) is 38.6 Å². The first kappa shape index (κ1) is 18.3. The Bertz CT molecular complexity index is 712. The average molecular weight is 372 g/mol. The van der Waals surface area contributed by atoms with Crippen molar-refractivity contribution >= 4 is 11.8 Å². The summed E-state index contributed by atoms with van der Waals surface area (Å²) in [6, 6.07) is 5.45. The van der Waals surface area contributed by atoms with E-state index in [1.807, 2.05) is 28.0 Å². The van der Waals surface area contributed by atoms with Crippen LogP contribution < -0.4 is 4.74 Å². The van der Waals surface area contributed by atoms with Crippen LogP contribution in [0.15, 0.2) is 18.2 Å². The van der Waals surface area contributed by atoms with Crippen molar-refractivity contribution < 1.29 is 19.1 Å². The summed E-state index contributed by atoms with van der Waals surface area (Å²) < 4.78 is 11.1. The Morgan fingerprint density at radius 1 is 1.15 bits per heavy atom. The number of amides is 2. The molecule has 146 valence electrons. The minimum Gasteiger partial charge on any atom is -0.493 e. The maximum atomic E-state index is 13.1. The number of likely N-dealkylation sites (tertiary alicyclic amines) is 1. The van der Waals surface area contributed by atoms with Crippen molar-refractivity contribution in [2.75, 3.05) is 39.5 Å². The summed E-state index contributed by atoms with van der Waals surface area (Å²) >= 11 is 0. The van der Waals surface area contributed by atoms with Gasteiger partial charge in [0, 0.05) is 38.0 Å². The summed E-state index contributed by atoms with van der Waals surface area (Å²) in [6.07, 6.45) is 3.31. The lowest BCUT2D eigenvalue weighted by Gasteiger charge is -2.37. The molecule has 6 heteroatoms. The number of ether oxygens (including phenoxy) is 2. The fourth-order valence-electron chi connectivity index (χ4n) is 4.17. The smallest absolute Gasteiger partial charge is 0.254 e. The standard InChI is InChI=1S/C21H28N2O4/c1-15-4-7-22(8-5-15)20(24)13-18-14-26-11-9-23(18)21(25)17-2-3-19-16(12-17)6-10-27-19/h2-3,12,15,18H,4-11,13-14H2,1H3/t18-/m0/s1. The molecule has 2 saturated heterocycles. The summed E-state index contributed by atoms with van der Waals surface area (Å²) in [5, 5.41) is 0. The quantitative estimate of drug-likeness (QED) is 0.815. The lowest BCUT2D eigenvalue weighted by atomic mass is 9.98. The molecule has 1 aromatic carbocycles. The topological polar surface area (TPSA) is 59.1 Å². The van der Waals surface area contributed by atoms with E-state index in [1.165, 1.54) is 0 Å². The van der Waals surface area contributed by atoms with E-state index >= 15 is 0 Å². The van der Waals surface area contributed by atoms with Crippen LogP contribution in [-0.2, 0) is 16.0 Å². The third-order valence-electron chi connectivity index (χ3n) is 5.97. The Morgan fingerprint density at radius 2 is 1.96 bits per heavy atom. The zero-order valence-corrected chi connectivity index (χ0v) is 16.0. The normalized spacial score (nSPS) is 23.1. The van der Waals surface area contributed by atoms with Crippen LogP contribution in [0.1, 0.15) is 42.1 Å². The van der Waals surface area contributed by atoms with Gasteiger partial charge in [-0.2, -0.15) is 0 Å². The summed E-state index contributed by atoms with van der Waals surface area (Å²) in [5.41, 5.74) is 1.76. The lowest BCUT2D eigenvalue weighted by molar-refractivity contribution is -0.135. The number of carbonyl (C=O) groups is 2. The van der Waals surface area contributed by atoms with Gasteiger partial charge in [0.15, 0.2) is 0 Å². The minimum atomic E-state index is -0.192. The fourth-order valence-corrected chi connectivity index (χ4v) is 4.17. The zero-order chi connectivity index (χ0) is 18.8. The van der Waals surface area contributed by atoms with E-state index in [4.69, 9.17) is 9.47 Å². The van der Waals surface area contributed by atoms with Crippen molar-refractivity contribution in [3.63, 3.8) is 0 Å². The number of hydrogen-bond acceptors (Lipinski definition) is 4. The van der Waals surface area contributed by atoms with Crippen LogP contribution in [0.2, 0.25) is 0 Å². The molecule has 0 bridgehead atoms. The molecular weight excluding hydrogens is 344 g/mol. The summed E-state index contributed by atoms with van der Waals surface area (Å²) in [7, 11) is 0. The number of piperidine rings is 1. The molecule has 0 N–H and O–H groups in total. The van der Waals surface area contributed by atoms with E-state index in [-0.39, 0.29) is 17.9 Å². The van der Waals surface area contributed by atoms with Crippen molar-refractivity contribution in [1.29, 1.82) is 0 Å². The SMILES string of the molecule is CC1CCN(C(=O)C[C@H]2COCCN2C(=O)c2ccc3c(c2)CCO3)CC1. The monoisotopic (exact) mass is 372 g/mol. The average Bonchev–Trinajstić information content (AvgIpc) is 3.16. The second-order valence-electron chi connectivity index (χ2n) is 7.92. The van der Waals surface area contributed by atoms with Gasteiger partial charge in [-0.3, -0.25) is 9.59 Å². The second kappa shape index (κ2) is 7.89. The molecule has 4 rings (SSSR count). The van der Waals surface area contributed by atoms with Crippen LogP contribution in [0, 0.1) is 5.92 Å². The van der Waals surface area contributed by atoms with Crippen LogP contribution in [0.3, 0.4) is 0 Å². The Hall–Kier alpha value is -2.08. The summed E-state index contributed by atoms with van der Waals surface area (Å²) in [6.45, 7) is 6.04. The predicted octanol–water partition coefficient (Wildman–Crippen LogP) is 2.11. The number of morpholine rings is 1. The molecule has 3 aliphatic rings. The highest BCUT2D eigenvalue weighted by atomic mass is 16.5. The second-order valence-corrected chi connectivity index (χ2v) is 7.92. The molecule has 27 heavy (non-hydrogen) atoms. The number of carbonyl (C=O) groups excluding carboxylic acids is 2. The van der Waals surface area contributed by atoms with Crippen molar-refractivity contribution in [3.05, 3.63) is 29.3 Å². The van der Waals surface area contributed by atoms with Crippen LogP contribution in [0.4, 0.5) is 0 Å². The van der Waals surface area contributed by atoms with Crippen molar-refractivity contribution in [2.24, 2.45) is 5.92 Å². The maximum absolute atomic E-state index is 13.1. The molecule has 0 saturated carbocycles. The maximum Gasteiger partial charge on any atom is 0.254 e. The van der Waals surface area contributed by atoms with E-state index in [0.717, 1.165) is 43.7 Å². The highest BCUT2D eigenvalue weighted by Gasteiger charge is 2.32. The van der Waals surface area contributed by atoms with Gasteiger partial charge in [-0.05, 0) is 42.5 Å². The van der Waals surface area contributed by atoms with Gasteiger partial charge in [-0.1, -0.05) is 6.92 Å². The van der Waals surface area contributed by atoms with Crippen LogP contribution in [0.5, 0.6) is 5.75 Å². The largest absolute Gasteiger partial charge is 0.493 e. The molecule has 6 nitrogen and oxygen atoms in total. The van der Waals surface area contributed by atoms with Crippen LogP contribution >= 0.6 is 0 Å². The minimum absolute atomic E-state index is 0.0157. The Morgan fingerprint density at radius 3 is 2.78 bits per heavy atom. The molecule has 2 fully saturated rings. The number of fused-ring (bicyclic) bond motifs is 1. The molecular formula is C21H28N2O4. The third-order valence-corrected chi connectivity index (χ3v) is 5.97. The van der Waals surface area contributed by atoms with E-state index in [2.05, 4.69) is 6.92 Å². The van der Waals surface area contributed by atoms with Gasteiger partial charge in [-0.15, -0.1) is 0 Å². The third kappa shape index (κ3) is 3.95. The summed E-state index contributed by atoms with van der Waals surface area (Å²) in [5.74, 6) is 1.68. The van der Waals surface area contributed by atoms with Gasteiger partial charge in [-0.25, -0.2) is 0 Å². The zero-order valence-electron chi connectivity index (χ0n) is 16.0. The molecule has 0 spiro atoms. The fraction of sp³-hybridized carbons (Fsp3) is 0.619. The molecule has 1 aromatic rings. The van der Waals surface area contributed by atoms with Gasteiger partial charge in [0.2, 0.25) is 5.91 Å². The van der Waals surface area contributed by atoms with Crippen molar-refractivity contribution in [1.82, 2.24) is 9.80 Å². The number of benzene rings is 1. The number of rotatable bonds is 3. The number of nitrogens with zero attached hydrogens (tertiary/aromatic N) is 2. The van der Waals surface area contributed by atoms with Crippen molar-refractivity contribution in [3.8, 4) is 5.75 Å². The van der Waals surface area contributed by atoms with Gasteiger partial charge in [0.1, 0.15) is 5.75 Å². The number of hydrogen-bond donors (Lipinski definition) is 0. The van der Waals surface area contributed by atoms with E-state index < -0.39 is 0 Å².